The molecule has 2 N–H and O–H groups in total. The molecule has 1 atom stereocenters. The smallest absolute Gasteiger partial charge is 0.280 e. The second-order valence-corrected chi connectivity index (χ2v) is 10.5. The summed E-state index contributed by atoms with van der Waals surface area (Å²) in [5, 5.41) is 2.28. The minimum absolute atomic E-state index is 0.223. The lowest BCUT2D eigenvalue weighted by atomic mass is 10.1. The molecule has 1 heterocycles. The van der Waals surface area contributed by atoms with Crippen LogP contribution in [0.1, 0.15) is 155 Å². The molecule has 0 aromatic carbocycles. The minimum atomic E-state index is 0.223. The molecule has 0 bridgehead atoms. The van der Waals surface area contributed by atoms with E-state index in [1.165, 1.54) is 135 Å². The van der Waals surface area contributed by atoms with Crippen LogP contribution in [0.2, 0.25) is 0 Å². The Morgan fingerprint density at radius 3 is 1.34 bits per heavy atom. The third-order valence-electron chi connectivity index (χ3n) is 7.36. The zero-order valence-electron chi connectivity index (χ0n) is 22.2. The molecule has 0 unspecified atom stereocenters. The van der Waals surface area contributed by atoms with Gasteiger partial charge in [0.2, 0.25) is 0 Å². The van der Waals surface area contributed by atoms with Crippen molar-refractivity contribution >= 4 is 5.91 Å². The van der Waals surface area contributed by atoms with Crippen LogP contribution in [0.25, 0.3) is 0 Å². The third kappa shape index (κ3) is 16.1. The highest BCUT2D eigenvalue weighted by Crippen LogP contribution is 2.14. The molecule has 190 valence electrons. The molecule has 0 radical (unpaired) electrons. The monoisotopic (exact) mass is 451 g/mol. The summed E-state index contributed by atoms with van der Waals surface area (Å²) in [4.78, 5) is 15.3. The molecule has 1 aliphatic rings. The minimum Gasteiger partial charge on any atom is -0.338 e. The fourth-order valence-electron chi connectivity index (χ4n) is 5.15. The second kappa shape index (κ2) is 22.2. The average molecular weight is 452 g/mol. The number of nitrogens with two attached hydrogens (primary N) is 1. The van der Waals surface area contributed by atoms with E-state index in [-0.39, 0.29) is 6.04 Å². The molecule has 1 rings (SSSR count). The highest BCUT2D eigenvalue weighted by atomic mass is 16.2. The molecule has 0 aromatic heterocycles. The predicted octanol–water partition coefficient (Wildman–Crippen LogP) is 7.38. The number of nitrogens with zero attached hydrogens (tertiary/aromatic N) is 1. The molecule has 1 saturated heterocycles. The second-order valence-electron chi connectivity index (χ2n) is 10.5. The Balaban J connectivity index is 2.12. The molecule has 1 fully saturated rings. The van der Waals surface area contributed by atoms with Crippen LogP contribution in [0, 0.1) is 0 Å². The lowest BCUT2D eigenvalue weighted by Gasteiger charge is -2.24. The first-order chi connectivity index (χ1) is 15.8. The van der Waals surface area contributed by atoms with E-state index in [9.17, 15) is 4.79 Å². The molecule has 0 saturated carbocycles. The molecule has 32 heavy (non-hydrogen) atoms. The van der Waals surface area contributed by atoms with Crippen molar-refractivity contribution in [1.29, 1.82) is 0 Å². The largest absolute Gasteiger partial charge is 0.338 e. The molecular formula is C29H59N2O+. The van der Waals surface area contributed by atoms with Gasteiger partial charge in [0.1, 0.15) is 0 Å². The summed E-state index contributed by atoms with van der Waals surface area (Å²) >= 11 is 0. The lowest BCUT2D eigenvalue weighted by molar-refractivity contribution is -0.658. The van der Waals surface area contributed by atoms with E-state index >= 15 is 0 Å². The highest BCUT2D eigenvalue weighted by molar-refractivity contribution is 5.80. The van der Waals surface area contributed by atoms with E-state index in [4.69, 9.17) is 0 Å². The Labute approximate surface area is 201 Å². The van der Waals surface area contributed by atoms with E-state index in [1.807, 2.05) is 0 Å². The SMILES string of the molecule is CCCCCCCCCCCCN(CCCCCCCCCCCC)C(=O)[C@@H]1CCC[NH2+]1. The topological polar surface area (TPSA) is 36.9 Å². The van der Waals surface area contributed by atoms with Crippen LogP contribution in [0.4, 0.5) is 0 Å². The maximum Gasteiger partial charge on any atom is 0.280 e. The van der Waals surface area contributed by atoms with E-state index < -0.39 is 0 Å². The number of carbonyl (C=O) groups excluding carboxylic acids is 1. The van der Waals surface area contributed by atoms with Crippen molar-refractivity contribution < 1.29 is 10.1 Å². The van der Waals surface area contributed by atoms with Gasteiger partial charge in [0, 0.05) is 25.9 Å². The Bertz CT molecular complexity index is 382. The van der Waals surface area contributed by atoms with E-state index in [2.05, 4.69) is 24.1 Å². The van der Waals surface area contributed by atoms with Gasteiger partial charge in [0.25, 0.3) is 5.91 Å². The Kier molecular flexibility index (Phi) is 20.5. The van der Waals surface area contributed by atoms with Gasteiger partial charge in [-0.2, -0.15) is 0 Å². The van der Waals surface area contributed by atoms with Crippen molar-refractivity contribution in [2.75, 3.05) is 19.6 Å². The zero-order valence-corrected chi connectivity index (χ0v) is 22.2. The summed E-state index contributed by atoms with van der Waals surface area (Å²) in [6.07, 6.45) is 29.6. The van der Waals surface area contributed by atoms with Gasteiger partial charge in [-0.15, -0.1) is 0 Å². The first-order valence-corrected chi connectivity index (χ1v) is 14.9. The Morgan fingerprint density at radius 1 is 0.625 bits per heavy atom. The summed E-state index contributed by atoms with van der Waals surface area (Å²) in [7, 11) is 0. The van der Waals surface area contributed by atoms with Crippen LogP contribution in [0.5, 0.6) is 0 Å². The van der Waals surface area contributed by atoms with Crippen LogP contribution < -0.4 is 5.32 Å². The van der Waals surface area contributed by atoms with E-state index in [1.54, 1.807) is 0 Å². The molecule has 3 heteroatoms. The van der Waals surface area contributed by atoms with Crippen molar-refractivity contribution in [3.63, 3.8) is 0 Å². The van der Waals surface area contributed by atoms with Crippen molar-refractivity contribution in [1.82, 2.24) is 4.90 Å². The van der Waals surface area contributed by atoms with Gasteiger partial charge in [0.05, 0.1) is 6.54 Å². The molecule has 0 spiro atoms. The van der Waals surface area contributed by atoms with Crippen LogP contribution in [-0.4, -0.2) is 36.5 Å². The summed E-state index contributed by atoms with van der Waals surface area (Å²) in [5.74, 6) is 0.439. The third-order valence-corrected chi connectivity index (χ3v) is 7.36. The lowest BCUT2D eigenvalue weighted by Crippen LogP contribution is -2.89. The van der Waals surface area contributed by atoms with Gasteiger partial charge in [-0.05, 0) is 12.8 Å². The van der Waals surface area contributed by atoms with Crippen LogP contribution in [0.3, 0.4) is 0 Å². The Hall–Kier alpha value is -0.570. The van der Waals surface area contributed by atoms with Gasteiger partial charge in [-0.1, -0.05) is 129 Å². The van der Waals surface area contributed by atoms with E-state index in [0.717, 1.165) is 26.1 Å². The molecule has 0 aliphatic carbocycles. The van der Waals surface area contributed by atoms with Gasteiger partial charge >= 0.3 is 0 Å². The molecule has 0 aromatic rings. The van der Waals surface area contributed by atoms with Gasteiger partial charge in [0.15, 0.2) is 6.04 Å². The highest BCUT2D eigenvalue weighted by Gasteiger charge is 2.29. The average Bonchev–Trinajstić information content (AvgIpc) is 3.34. The molecular weight excluding hydrogens is 392 g/mol. The van der Waals surface area contributed by atoms with Crippen molar-refractivity contribution in [3.8, 4) is 0 Å². The molecule has 1 amide bonds. The summed E-state index contributed by atoms with van der Waals surface area (Å²) in [5.41, 5.74) is 0. The summed E-state index contributed by atoms with van der Waals surface area (Å²) in [6.45, 7) is 7.71. The zero-order chi connectivity index (χ0) is 23.1. The van der Waals surface area contributed by atoms with Gasteiger partial charge < -0.3 is 10.2 Å². The normalized spacial score (nSPS) is 16.0. The maximum atomic E-state index is 13.0. The predicted molar refractivity (Wildman–Crippen MR) is 140 cm³/mol. The summed E-state index contributed by atoms with van der Waals surface area (Å²) in [6, 6.07) is 0.223. The quantitative estimate of drug-likeness (QED) is 0.162. The first kappa shape index (κ1) is 29.5. The van der Waals surface area contributed by atoms with Crippen molar-refractivity contribution in [2.24, 2.45) is 0 Å². The fraction of sp³-hybridized carbons (Fsp3) is 0.966. The number of quaternary nitrogens is 1. The van der Waals surface area contributed by atoms with Crippen LogP contribution >= 0.6 is 0 Å². The van der Waals surface area contributed by atoms with Crippen molar-refractivity contribution in [3.05, 3.63) is 0 Å². The number of unbranched alkanes of at least 4 members (excludes halogenated alkanes) is 18. The molecule has 1 aliphatic heterocycles. The van der Waals surface area contributed by atoms with Crippen molar-refractivity contribution in [2.45, 2.75) is 161 Å². The number of rotatable bonds is 23. The first-order valence-electron chi connectivity index (χ1n) is 14.9. The van der Waals surface area contributed by atoms with Gasteiger partial charge in [-0.25, -0.2) is 0 Å². The standard InChI is InChI=1S/C29H58N2O/c1-3-5-7-9-11-13-15-17-19-21-26-31(29(32)28-24-23-25-30-28)27-22-20-18-16-14-12-10-8-6-4-2/h28,30H,3-27H2,1-2H3/p+1/t28-/m0/s1. The van der Waals surface area contributed by atoms with Crippen LogP contribution in [0.15, 0.2) is 0 Å². The fourth-order valence-corrected chi connectivity index (χ4v) is 5.15. The maximum absolute atomic E-state index is 13.0. The van der Waals surface area contributed by atoms with Crippen LogP contribution in [-0.2, 0) is 4.79 Å². The number of amides is 1. The van der Waals surface area contributed by atoms with E-state index in [0.29, 0.717) is 5.91 Å². The number of carbonyl (C=O) groups is 1. The number of hydrogen-bond acceptors (Lipinski definition) is 1. The Morgan fingerprint density at radius 2 is 1.00 bits per heavy atom. The molecule has 3 nitrogen and oxygen atoms in total. The number of hydrogen-bond donors (Lipinski definition) is 1. The van der Waals surface area contributed by atoms with Gasteiger partial charge in [-0.3, -0.25) is 4.79 Å². The summed E-state index contributed by atoms with van der Waals surface area (Å²) < 4.78 is 0.